The van der Waals surface area contributed by atoms with Gasteiger partial charge in [0.2, 0.25) is 5.91 Å². The lowest BCUT2D eigenvalue weighted by molar-refractivity contribution is -0.141. The fourth-order valence-corrected chi connectivity index (χ4v) is 1.92. The highest BCUT2D eigenvalue weighted by molar-refractivity contribution is 5.76. The van der Waals surface area contributed by atoms with E-state index < -0.39 is 5.97 Å². The van der Waals surface area contributed by atoms with Gasteiger partial charge in [-0.1, -0.05) is 13.3 Å². The van der Waals surface area contributed by atoms with Crippen molar-refractivity contribution in [3.05, 3.63) is 18.5 Å². The summed E-state index contributed by atoms with van der Waals surface area (Å²) in [5.74, 6) is -1.09. The van der Waals surface area contributed by atoms with Crippen LogP contribution in [0.4, 0.5) is 0 Å². The highest BCUT2D eigenvalue weighted by Gasteiger charge is 2.12. The third-order valence-corrected chi connectivity index (χ3v) is 3.23. The van der Waals surface area contributed by atoms with Gasteiger partial charge >= 0.3 is 5.97 Å². The van der Waals surface area contributed by atoms with Gasteiger partial charge in [-0.15, -0.1) is 0 Å². The predicted octanol–water partition coefficient (Wildman–Crippen LogP) is 1.67. The molecule has 0 saturated heterocycles. The van der Waals surface area contributed by atoms with E-state index >= 15 is 0 Å². The lowest BCUT2D eigenvalue weighted by atomic mass is 10.0. The monoisotopic (exact) mass is 281 g/mol. The lowest BCUT2D eigenvalue weighted by Gasteiger charge is -2.14. The highest BCUT2D eigenvalue weighted by atomic mass is 16.4. The molecule has 0 aliphatic heterocycles. The molecule has 20 heavy (non-hydrogen) atoms. The molecule has 112 valence electrons. The fraction of sp³-hybridized carbons (Fsp3) is 0.643. The van der Waals surface area contributed by atoms with Gasteiger partial charge < -0.3 is 10.4 Å². The number of nitrogens with zero attached hydrogens (tertiary/aromatic N) is 2. The molecule has 0 spiro atoms. The van der Waals surface area contributed by atoms with Gasteiger partial charge in [-0.25, -0.2) is 0 Å². The van der Waals surface area contributed by atoms with Crippen LogP contribution in [0, 0.1) is 5.92 Å². The summed E-state index contributed by atoms with van der Waals surface area (Å²) in [7, 11) is 0. The van der Waals surface area contributed by atoms with Crippen molar-refractivity contribution in [2.24, 2.45) is 5.92 Å². The zero-order chi connectivity index (χ0) is 15.0. The number of carbonyl (C=O) groups excluding carboxylic acids is 1. The average molecular weight is 281 g/mol. The standard InChI is InChI=1S/C14H23N3O3/c1-11(14(19)20)5-3-6-12(2)16-13(18)7-10-17-9-4-8-15-17/h4,8-9,11-12H,3,5-7,10H2,1-2H3,(H,16,18)(H,19,20). The number of aliphatic carboxylic acids is 1. The van der Waals surface area contributed by atoms with Crippen LogP contribution in [-0.2, 0) is 16.1 Å². The second kappa shape index (κ2) is 8.35. The molecular formula is C14H23N3O3. The molecule has 0 bridgehead atoms. The lowest BCUT2D eigenvalue weighted by Crippen LogP contribution is -2.33. The van der Waals surface area contributed by atoms with E-state index in [2.05, 4.69) is 10.4 Å². The van der Waals surface area contributed by atoms with Crippen molar-refractivity contribution in [2.75, 3.05) is 0 Å². The summed E-state index contributed by atoms with van der Waals surface area (Å²) in [4.78, 5) is 22.4. The maximum Gasteiger partial charge on any atom is 0.306 e. The second-order valence-electron chi connectivity index (χ2n) is 5.16. The number of aryl methyl sites for hydroxylation is 1. The number of hydrogen-bond acceptors (Lipinski definition) is 3. The molecule has 1 aromatic heterocycles. The Bertz CT molecular complexity index is 417. The average Bonchev–Trinajstić information content (AvgIpc) is 2.89. The maximum absolute atomic E-state index is 11.7. The maximum atomic E-state index is 11.7. The summed E-state index contributed by atoms with van der Waals surface area (Å²) in [5, 5.41) is 15.7. The number of carbonyl (C=O) groups is 2. The highest BCUT2D eigenvalue weighted by Crippen LogP contribution is 2.09. The van der Waals surface area contributed by atoms with Crippen LogP contribution in [0.2, 0.25) is 0 Å². The normalized spacial score (nSPS) is 13.7. The molecule has 6 nitrogen and oxygen atoms in total. The van der Waals surface area contributed by atoms with Gasteiger partial charge in [0.1, 0.15) is 0 Å². The van der Waals surface area contributed by atoms with Gasteiger partial charge in [0.25, 0.3) is 0 Å². The topological polar surface area (TPSA) is 84.2 Å². The number of nitrogens with one attached hydrogen (secondary N) is 1. The van der Waals surface area contributed by atoms with E-state index in [1.54, 1.807) is 17.8 Å². The van der Waals surface area contributed by atoms with E-state index in [-0.39, 0.29) is 17.9 Å². The van der Waals surface area contributed by atoms with Crippen molar-refractivity contribution in [1.82, 2.24) is 15.1 Å². The molecule has 2 atom stereocenters. The van der Waals surface area contributed by atoms with E-state index in [1.165, 1.54) is 0 Å². The van der Waals surface area contributed by atoms with E-state index in [1.807, 2.05) is 19.2 Å². The molecule has 1 aromatic rings. The van der Waals surface area contributed by atoms with Gasteiger partial charge in [0, 0.05) is 31.4 Å². The minimum absolute atomic E-state index is 0.000664. The second-order valence-corrected chi connectivity index (χ2v) is 5.16. The molecule has 0 saturated carbocycles. The molecule has 2 N–H and O–H groups in total. The quantitative estimate of drug-likeness (QED) is 0.721. The summed E-state index contributed by atoms with van der Waals surface area (Å²) >= 11 is 0. The molecule has 0 aliphatic carbocycles. The first-order chi connectivity index (χ1) is 9.49. The zero-order valence-electron chi connectivity index (χ0n) is 12.1. The van der Waals surface area contributed by atoms with E-state index in [9.17, 15) is 9.59 Å². The van der Waals surface area contributed by atoms with Crippen molar-refractivity contribution in [2.45, 2.75) is 52.1 Å². The van der Waals surface area contributed by atoms with Gasteiger partial charge in [0.05, 0.1) is 5.92 Å². The van der Waals surface area contributed by atoms with Crippen LogP contribution in [0.5, 0.6) is 0 Å². The molecule has 1 amide bonds. The number of amides is 1. The number of aromatic nitrogens is 2. The fourth-order valence-electron chi connectivity index (χ4n) is 1.92. The van der Waals surface area contributed by atoms with Gasteiger partial charge in [0.15, 0.2) is 0 Å². The van der Waals surface area contributed by atoms with Crippen molar-refractivity contribution >= 4 is 11.9 Å². The molecule has 1 heterocycles. The summed E-state index contributed by atoms with van der Waals surface area (Å²) < 4.78 is 1.72. The summed E-state index contributed by atoms with van der Waals surface area (Å²) in [5.41, 5.74) is 0. The first kappa shape index (κ1) is 16.2. The first-order valence-electron chi connectivity index (χ1n) is 6.98. The molecule has 6 heteroatoms. The van der Waals surface area contributed by atoms with Gasteiger partial charge in [-0.2, -0.15) is 5.10 Å². The Kier molecular flexibility index (Phi) is 6.76. The van der Waals surface area contributed by atoms with Gasteiger partial charge in [-0.3, -0.25) is 14.3 Å². The summed E-state index contributed by atoms with van der Waals surface area (Å²) in [6.07, 6.45) is 6.15. The number of carboxylic acids is 1. The van der Waals surface area contributed by atoms with Crippen LogP contribution in [0.1, 0.15) is 39.5 Å². The largest absolute Gasteiger partial charge is 0.481 e. The van der Waals surface area contributed by atoms with E-state index in [0.717, 1.165) is 12.8 Å². The molecule has 0 aliphatic rings. The molecule has 0 radical (unpaired) electrons. The van der Waals surface area contributed by atoms with Crippen molar-refractivity contribution in [1.29, 1.82) is 0 Å². The molecular weight excluding hydrogens is 258 g/mol. The number of hydrogen-bond donors (Lipinski definition) is 2. The third kappa shape index (κ3) is 6.36. The number of carboxylic acid groups (broad SMARTS) is 1. The van der Waals surface area contributed by atoms with Crippen molar-refractivity contribution in [3.8, 4) is 0 Å². The summed E-state index contributed by atoms with van der Waals surface area (Å²) in [6.45, 7) is 4.22. The van der Waals surface area contributed by atoms with Crippen LogP contribution < -0.4 is 5.32 Å². The minimum Gasteiger partial charge on any atom is -0.481 e. The van der Waals surface area contributed by atoms with Crippen LogP contribution in [-0.4, -0.2) is 32.8 Å². The van der Waals surface area contributed by atoms with Crippen LogP contribution >= 0.6 is 0 Å². The van der Waals surface area contributed by atoms with Gasteiger partial charge in [-0.05, 0) is 25.8 Å². The molecule has 0 fully saturated rings. The Morgan fingerprint density at radius 3 is 2.70 bits per heavy atom. The summed E-state index contributed by atoms with van der Waals surface area (Å²) in [6, 6.07) is 1.89. The Hall–Kier alpha value is -1.85. The Labute approximate surface area is 119 Å². The Morgan fingerprint density at radius 2 is 2.10 bits per heavy atom. The Balaban J connectivity index is 2.13. The van der Waals surface area contributed by atoms with Crippen LogP contribution in [0.25, 0.3) is 0 Å². The van der Waals surface area contributed by atoms with Crippen LogP contribution in [0.3, 0.4) is 0 Å². The molecule has 2 unspecified atom stereocenters. The predicted molar refractivity (Wildman–Crippen MR) is 75.1 cm³/mol. The van der Waals surface area contributed by atoms with E-state index in [4.69, 9.17) is 5.11 Å². The minimum atomic E-state index is -0.763. The Morgan fingerprint density at radius 1 is 1.35 bits per heavy atom. The smallest absolute Gasteiger partial charge is 0.306 e. The third-order valence-electron chi connectivity index (χ3n) is 3.23. The zero-order valence-corrected chi connectivity index (χ0v) is 12.1. The molecule has 1 rings (SSSR count). The molecule has 0 aromatic carbocycles. The van der Waals surface area contributed by atoms with E-state index in [0.29, 0.717) is 19.4 Å². The van der Waals surface area contributed by atoms with Crippen molar-refractivity contribution < 1.29 is 14.7 Å². The SMILES string of the molecule is CC(CCCC(C)C(=O)O)NC(=O)CCn1cccn1. The number of rotatable bonds is 9. The van der Waals surface area contributed by atoms with Crippen molar-refractivity contribution in [3.63, 3.8) is 0 Å². The van der Waals surface area contributed by atoms with Crippen LogP contribution in [0.15, 0.2) is 18.5 Å². The first-order valence-corrected chi connectivity index (χ1v) is 6.98.